The third-order valence-electron chi connectivity index (χ3n) is 5.66. The molecular weight excluding hydrogens is 408 g/mol. The van der Waals surface area contributed by atoms with Crippen molar-refractivity contribution >= 4 is 23.1 Å². The predicted octanol–water partition coefficient (Wildman–Crippen LogP) is 2.50. The van der Waals surface area contributed by atoms with Gasteiger partial charge in [-0.05, 0) is 37.1 Å². The van der Waals surface area contributed by atoms with Gasteiger partial charge in [0.05, 0.1) is 37.2 Å². The number of imidazole rings is 1. The van der Waals surface area contributed by atoms with Crippen LogP contribution in [0.2, 0.25) is 0 Å². The fraction of sp³-hybridized carbons (Fsp3) is 0.273. The van der Waals surface area contributed by atoms with Crippen molar-refractivity contribution in [3.8, 4) is 17.5 Å². The normalized spacial score (nSPS) is 15.8. The molecule has 0 saturated carbocycles. The van der Waals surface area contributed by atoms with Crippen LogP contribution < -0.4 is 15.0 Å². The van der Waals surface area contributed by atoms with E-state index in [9.17, 15) is 10.4 Å². The minimum atomic E-state index is 0.0574. The number of aromatic nitrogens is 5. The Morgan fingerprint density at radius 1 is 1.34 bits per heavy atom. The zero-order valence-electron chi connectivity index (χ0n) is 17.5. The van der Waals surface area contributed by atoms with Gasteiger partial charge in [-0.2, -0.15) is 10.2 Å². The van der Waals surface area contributed by atoms with Crippen molar-refractivity contribution in [2.75, 3.05) is 30.5 Å². The summed E-state index contributed by atoms with van der Waals surface area (Å²) in [7, 11) is 1.54. The van der Waals surface area contributed by atoms with Gasteiger partial charge < -0.3 is 24.6 Å². The number of fused-ring (bicyclic) bond motifs is 1. The van der Waals surface area contributed by atoms with Gasteiger partial charge in [-0.15, -0.1) is 5.10 Å². The fourth-order valence-corrected chi connectivity index (χ4v) is 4.06. The number of hydrogen-bond acceptors (Lipinski definition) is 8. The number of benzene rings is 1. The molecule has 4 heterocycles. The van der Waals surface area contributed by atoms with E-state index in [2.05, 4.69) is 26.4 Å². The van der Waals surface area contributed by atoms with Gasteiger partial charge in [0.1, 0.15) is 23.7 Å². The molecule has 162 valence electrons. The number of nitriles is 1. The molecule has 0 unspecified atom stereocenters. The van der Waals surface area contributed by atoms with Gasteiger partial charge in [-0.1, -0.05) is 0 Å². The number of aliphatic hydroxyl groups excluding tert-OH is 1. The average Bonchev–Trinajstić information content (AvgIpc) is 3.58. The number of methoxy groups -OCH3 is 1. The van der Waals surface area contributed by atoms with Crippen molar-refractivity contribution in [2.24, 2.45) is 0 Å². The van der Waals surface area contributed by atoms with Crippen molar-refractivity contribution in [3.05, 3.63) is 54.6 Å². The van der Waals surface area contributed by atoms with Crippen LogP contribution in [0.15, 0.2) is 49.1 Å². The molecule has 10 nitrogen and oxygen atoms in total. The van der Waals surface area contributed by atoms with E-state index in [0.717, 1.165) is 36.4 Å². The smallest absolute Gasteiger partial charge is 0.248 e. The number of aliphatic hydroxyl groups is 1. The summed E-state index contributed by atoms with van der Waals surface area (Å²) in [6, 6.07) is 11.4. The van der Waals surface area contributed by atoms with Crippen molar-refractivity contribution in [3.63, 3.8) is 0 Å². The molecule has 2 N–H and O–H groups in total. The molecule has 1 aliphatic rings. The van der Waals surface area contributed by atoms with Crippen LogP contribution in [0.5, 0.6) is 5.75 Å². The Morgan fingerprint density at radius 3 is 3.06 bits per heavy atom. The fourth-order valence-electron chi connectivity index (χ4n) is 4.06. The average molecular weight is 430 g/mol. The summed E-state index contributed by atoms with van der Waals surface area (Å²) in [6.45, 7) is 0.940. The number of hydrogen-bond donors (Lipinski definition) is 2. The summed E-state index contributed by atoms with van der Waals surface area (Å²) in [5.41, 5.74) is 2.18. The summed E-state index contributed by atoms with van der Waals surface area (Å²) in [6.07, 6.45) is 7.31. The Hall–Kier alpha value is -4.10. The monoisotopic (exact) mass is 430 g/mol. The van der Waals surface area contributed by atoms with Crippen LogP contribution in [0.4, 0.5) is 17.6 Å². The lowest BCUT2D eigenvalue weighted by Gasteiger charge is -2.25. The minimum absolute atomic E-state index is 0.0574. The Bertz CT molecular complexity index is 1300. The number of nitrogens with one attached hydrogen (secondary N) is 1. The molecule has 1 aliphatic heterocycles. The Morgan fingerprint density at radius 2 is 2.25 bits per heavy atom. The van der Waals surface area contributed by atoms with Crippen LogP contribution in [-0.4, -0.2) is 55.6 Å². The van der Waals surface area contributed by atoms with Gasteiger partial charge in [0.25, 0.3) is 0 Å². The molecule has 1 aromatic carbocycles. The van der Waals surface area contributed by atoms with Gasteiger partial charge in [-0.3, -0.25) is 0 Å². The molecule has 0 radical (unpaired) electrons. The third-order valence-corrected chi connectivity index (χ3v) is 5.66. The first-order valence-electron chi connectivity index (χ1n) is 10.3. The number of nitrogens with zero attached hydrogens (tertiary/aromatic N) is 7. The van der Waals surface area contributed by atoms with E-state index in [-0.39, 0.29) is 12.6 Å². The summed E-state index contributed by atoms with van der Waals surface area (Å²) in [5, 5.41) is 26.7. The van der Waals surface area contributed by atoms with Crippen molar-refractivity contribution in [1.29, 1.82) is 5.26 Å². The van der Waals surface area contributed by atoms with E-state index in [0.29, 0.717) is 23.1 Å². The van der Waals surface area contributed by atoms with E-state index in [1.807, 2.05) is 35.2 Å². The molecular formula is C22H22N8O2. The molecule has 0 amide bonds. The van der Waals surface area contributed by atoms with E-state index in [1.165, 1.54) is 7.11 Å². The number of rotatable bonds is 6. The first-order chi connectivity index (χ1) is 15.7. The molecule has 0 aliphatic carbocycles. The predicted molar refractivity (Wildman–Crippen MR) is 119 cm³/mol. The highest BCUT2D eigenvalue weighted by Crippen LogP contribution is 2.29. The van der Waals surface area contributed by atoms with E-state index in [4.69, 9.17) is 9.72 Å². The van der Waals surface area contributed by atoms with Gasteiger partial charge in [-0.25, -0.2) is 9.50 Å². The summed E-state index contributed by atoms with van der Waals surface area (Å²) < 4.78 is 8.90. The van der Waals surface area contributed by atoms with Crippen LogP contribution in [0.1, 0.15) is 18.4 Å². The summed E-state index contributed by atoms with van der Waals surface area (Å²) >= 11 is 0. The second-order valence-corrected chi connectivity index (χ2v) is 7.56. The molecule has 4 aromatic rings. The molecule has 32 heavy (non-hydrogen) atoms. The van der Waals surface area contributed by atoms with Crippen LogP contribution in [0, 0.1) is 11.3 Å². The summed E-state index contributed by atoms with van der Waals surface area (Å²) in [4.78, 5) is 11.3. The third kappa shape index (κ3) is 3.48. The van der Waals surface area contributed by atoms with Gasteiger partial charge in [0.15, 0.2) is 11.6 Å². The highest BCUT2D eigenvalue weighted by Gasteiger charge is 2.27. The maximum atomic E-state index is 9.76. The highest BCUT2D eigenvalue weighted by atomic mass is 16.5. The van der Waals surface area contributed by atoms with Gasteiger partial charge in [0.2, 0.25) is 5.95 Å². The molecule has 1 atom stereocenters. The molecule has 1 fully saturated rings. The SMILES string of the molecule is COc1cc(-n2cnc(Nc3nc(N4CCC[C@H]4CO)c4cccn4n3)c2)ccc1C#N. The van der Waals surface area contributed by atoms with Gasteiger partial charge >= 0.3 is 0 Å². The summed E-state index contributed by atoms with van der Waals surface area (Å²) in [5.74, 6) is 2.28. The quantitative estimate of drug-likeness (QED) is 0.479. The Labute approximate surface area is 184 Å². The zero-order valence-corrected chi connectivity index (χ0v) is 17.5. The molecule has 3 aromatic heterocycles. The first kappa shape index (κ1) is 19.8. The molecule has 5 rings (SSSR count). The van der Waals surface area contributed by atoms with Crippen molar-refractivity contribution in [2.45, 2.75) is 18.9 Å². The number of anilines is 3. The highest BCUT2D eigenvalue weighted by molar-refractivity contribution is 5.71. The second-order valence-electron chi connectivity index (χ2n) is 7.56. The van der Waals surface area contributed by atoms with Crippen LogP contribution in [0.25, 0.3) is 11.2 Å². The standard InChI is InChI=1S/C22H22N8O2/c1-32-19-10-16(7-6-15(19)11-23)28-12-20(24-14-28)25-22-26-21(18-5-3-9-30(18)27-22)29-8-2-4-17(29)13-31/h3,5-7,9-10,12,14,17,31H,2,4,8,13H2,1H3,(H,25,27)/t17-/m0/s1. The second kappa shape index (κ2) is 8.20. The van der Waals surface area contributed by atoms with Crippen LogP contribution in [-0.2, 0) is 0 Å². The minimum Gasteiger partial charge on any atom is -0.495 e. The van der Waals surface area contributed by atoms with E-state index in [1.54, 1.807) is 23.0 Å². The first-order valence-corrected chi connectivity index (χ1v) is 10.3. The maximum Gasteiger partial charge on any atom is 0.248 e. The Balaban J connectivity index is 1.45. The zero-order chi connectivity index (χ0) is 22.1. The lowest BCUT2D eigenvalue weighted by molar-refractivity contribution is 0.266. The maximum absolute atomic E-state index is 9.76. The Kier molecular flexibility index (Phi) is 5.09. The number of ether oxygens (including phenoxy) is 1. The topological polar surface area (TPSA) is 117 Å². The lowest BCUT2D eigenvalue weighted by atomic mass is 10.2. The molecule has 0 bridgehead atoms. The molecule has 0 spiro atoms. The van der Waals surface area contributed by atoms with Crippen LogP contribution >= 0.6 is 0 Å². The molecule has 10 heteroatoms. The van der Waals surface area contributed by atoms with Gasteiger partial charge in [0, 0.05) is 18.8 Å². The largest absolute Gasteiger partial charge is 0.495 e. The molecule has 1 saturated heterocycles. The van der Waals surface area contributed by atoms with Crippen molar-refractivity contribution in [1.82, 2.24) is 24.1 Å². The lowest BCUT2D eigenvalue weighted by Crippen LogP contribution is -2.33. The van der Waals surface area contributed by atoms with Crippen LogP contribution in [0.3, 0.4) is 0 Å². The van der Waals surface area contributed by atoms with E-state index < -0.39 is 0 Å². The van der Waals surface area contributed by atoms with E-state index >= 15 is 0 Å². The van der Waals surface area contributed by atoms with Crippen molar-refractivity contribution < 1.29 is 9.84 Å².